The molecule has 0 aromatic heterocycles. The van der Waals surface area contributed by atoms with Crippen LogP contribution in [0.25, 0.3) is 0 Å². The Kier molecular flexibility index (Phi) is 9.89. The van der Waals surface area contributed by atoms with Crippen LogP contribution in [0.1, 0.15) is 24.2 Å². The van der Waals surface area contributed by atoms with E-state index >= 15 is 0 Å². The van der Waals surface area contributed by atoms with Crippen LogP contribution in [-0.2, 0) is 10.0 Å². The molecule has 13 heteroatoms. The number of carbonyl (C=O) groups excluding carboxylic acids is 2. The van der Waals surface area contributed by atoms with Crippen LogP contribution in [0.15, 0.2) is 71.6 Å². The lowest BCUT2D eigenvalue weighted by molar-refractivity contribution is 0.0389. The van der Waals surface area contributed by atoms with Crippen molar-refractivity contribution in [3.8, 4) is 11.5 Å². The number of rotatable bonds is 9. The third kappa shape index (κ3) is 7.24. The number of amides is 3. The summed E-state index contributed by atoms with van der Waals surface area (Å²) in [6, 6.07) is 14.8. The second-order valence-corrected chi connectivity index (χ2v) is 12.4. The number of hydrogen-bond acceptors (Lipinski definition) is 7. The molecule has 0 saturated heterocycles. The summed E-state index contributed by atoms with van der Waals surface area (Å²) in [6.07, 6.45) is -0.784. The smallest absolute Gasteiger partial charge is 0.323 e. The van der Waals surface area contributed by atoms with Crippen LogP contribution in [0, 0.1) is 11.7 Å². The van der Waals surface area contributed by atoms with Gasteiger partial charge >= 0.3 is 6.03 Å². The van der Waals surface area contributed by atoms with E-state index in [1.807, 2.05) is 6.92 Å². The molecule has 3 aromatic rings. The first kappa shape index (κ1) is 31.7. The van der Waals surface area contributed by atoms with Gasteiger partial charge in [-0.1, -0.05) is 13.0 Å². The van der Waals surface area contributed by atoms with Gasteiger partial charge in [-0.15, -0.1) is 0 Å². The Bertz CT molecular complexity index is 1550. The molecular formula is C30H35FN4O7S. The Hall–Kier alpha value is -4.20. The summed E-state index contributed by atoms with van der Waals surface area (Å²) >= 11 is 0. The minimum Gasteiger partial charge on any atom is -0.497 e. The van der Waals surface area contributed by atoms with Gasteiger partial charge in [-0.2, -0.15) is 4.31 Å². The lowest BCUT2D eigenvalue weighted by atomic mass is 9.99. The number of methoxy groups -OCH3 is 1. The molecule has 0 radical (unpaired) electrons. The molecule has 3 N–H and O–H groups in total. The first-order valence-electron chi connectivity index (χ1n) is 13.6. The summed E-state index contributed by atoms with van der Waals surface area (Å²) in [5.74, 6) is -0.687. The lowest BCUT2D eigenvalue weighted by Crippen LogP contribution is -2.50. The van der Waals surface area contributed by atoms with Crippen LogP contribution in [0.3, 0.4) is 0 Å². The molecule has 1 aliphatic rings. The highest BCUT2D eigenvalue weighted by molar-refractivity contribution is 7.89. The van der Waals surface area contributed by atoms with Gasteiger partial charge in [0.1, 0.15) is 17.7 Å². The average Bonchev–Trinajstić information content (AvgIpc) is 2.99. The Morgan fingerprint density at radius 1 is 1.14 bits per heavy atom. The summed E-state index contributed by atoms with van der Waals surface area (Å²) in [4.78, 5) is 28.1. The Balaban J connectivity index is 1.67. The molecule has 3 aromatic carbocycles. The predicted molar refractivity (Wildman–Crippen MR) is 159 cm³/mol. The monoisotopic (exact) mass is 614 g/mol. The van der Waals surface area contributed by atoms with E-state index in [0.29, 0.717) is 11.4 Å². The number of sulfonamides is 1. The molecule has 0 spiro atoms. The fourth-order valence-electron chi connectivity index (χ4n) is 4.66. The van der Waals surface area contributed by atoms with E-state index in [0.717, 1.165) is 16.4 Å². The molecule has 0 fully saturated rings. The van der Waals surface area contributed by atoms with Crippen molar-refractivity contribution in [1.29, 1.82) is 0 Å². The topological polar surface area (TPSA) is 138 Å². The van der Waals surface area contributed by atoms with Gasteiger partial charge in [0.05, 0.1) is 42.4 Å². The van der Waals surface area contributed by atoms with E-state index in [2.05, 4.69) is 10.6 Å². The predicted octanol–water partition coefficient (Wildman–Crippen LogP) is 4.02. The highest BCUT2D eigenvalue weighted by Gasteiger charge is 2.36. The number of nitrogens with zero attached hydrogens (tertiary/aromatic N) is 2. The number of nitrogens with one attached hydrogen (secondary N) is 2. The quantitative estimate of drug-likeness (QED) is 0.331. The fraction of sp³-hybridized carbons (Fsp3) is 0.333. The van der Waals surface area contributed by atoms with Crippen LogP contribution in [0.5, 0.6) is 11.5 Å². The van der Waals surface area contributed by atoms with Crippen molar-refractivity contribution in [2.45, 2.75) is 30.9 Å². The van der Waals surface area contributed by atoms with E-state index in [-0.39, 0.29) is 41.6 Å². The summed E-state index contributed by atoms with van der Waals surface area (Å²) in [7, 11) is -1.09. The molecule has 1 aliphatic heterocycles. The summed E-state index contributed by atoms with van der Waals surface area (Å²) in [6.45, 7) is 3.27. The third-order valence-electron chi connectivity index (χ3n) is 7.25. The highest BCUT2D eigenvalue weighted by Crippen LogP contribution is 2.35. The van der Waals surface area contributed by atoms with Crippen molar-refractivity contribution in [2.24, 2.45) is 5.92 Å². The van der Waals surface area contributed by atoms with Gasteiger partial charge in [-0.25, -0.2) is 17.6 Å². The molecule has 3 amide bonds. The number of hydrogen-bond donors (Lipinski definition) is 3. The SMILES string of the molecule is COc1ccc(NC(=O)Nc2cccc3c2O[C@@H](CN(C)S(=O)(=O)c2ccc(F)cc2)[C@H](C)CN([C@@H](C)CO)C3=O)cc1. The van der Waals surface area contributed by atoms with Crippen LogP contribution in [0.2, 0.25) is 0 Å². The van der Waals surface area contributed by atoms with E-state index in [4.69, 9.17) is 9.47 Å². The van der Waals surface area contributed by atoms with Crippen LogP contribution < -0.4 is 20.1 Å². The van der Waals surface area contributed by atoms with Crippen molar-refractivity contribution in [3.05, 3.63) is 78.1 Å². The number of anilines is 2. The number of ether oxygens (including phenoxy) is 2. The minimum atomic E-state index is -4.01. The molecule has 230 valence electrons. The zero-order valence-electron chi connectivity index (χ0n) is 24.3. The van der Waals surface area contributed by atoms with E-state index in [9.17, 15) is 27.5 Å². The van der Waals surface area contributed by atoms with Gasteiger partial charge in [0.25, 0.3) is 5.91 Å². The van der Waals surface area contributed by atoms with Gasteiger partial charge in [0.15, 0.2) is 5.75 Å². The Morgan fingerprint density at radius 3 is 2.44 bits per heavy atom. The van der Waals surface area contributed by atoms with Crippen molar-refractivity contribution < 1.29 is 37.0 Å². The van der Waals surface area contributed by atoms with Gasteiger partial charge < -0.3 is 30.1 Å². The molecule has 4 rings (SSSR count). The molecular weight excluding hydrogens is 579 g/mol. The molecule has 3 atom stereocenters. The number of halogens is 1. The van der Waals surface area contributed by atoms with Gasteiger partial charge in [0.2, 0.25) is 10.0 Å². The zero-order chi connectivity index (χ0) is 31.3. The molecule has 0 aliphatic carbocycles. The highest BCUT2D eigenvalue weighted by atomic mass is 32.2. The average molecular weight is 615 g/mol. The molecule has 0 unspecified atom stereocenters. The van der Waals surface area contributed by atoms with E-state index in [1.165, 1.54) is 31.2 Å². The van der Waals surface area contributed by atoms with E-state index < -0.39 is 45.8 Å². The van der Waals surface area contributed by atoms with Crippen molar-refractivity contribution in [3.63, 3.8) is 0 Å². The van der Waals surface area contributed by atoms with Gasteiger partial charge in [-0.05, 0) is 67.6 Å². The number of urea groups is 1. The Morgan fingerprint density at radius 2 is 1.81 bits per heavy atom. The van der Waals surface area contributed by atoms with Crippen LogP contribution >= 0.6 is 0 Å². The molecule has 43 heavy (non-hydrogen) atoms. The number of para-hydroxylation sites is 1. The number of benzene rings is 3. The lowest BCUT2D eigenvalue weighted by Gasteiger charge is -2.38. The molecule has 11 nitrogen and oxygen atoms in total. The third-order valence-corrected chi connectivity index (χ3v) is 9.08. The minimum absolute atomic E-state index is 0.0663. The number of fused-ring (bicyclic) bond motifs is 1. The first-order valence-corrected chi connectivity index (χ1v) is 15.0. The molecule has 0 saturated carbocycles. The van der Waals surface area contributed by atoms with Gasteiger partial charge in [0, 0.05) is 25.2 Å². The maximum Gasteiger partial charge on any atom is 0.323 e. The number of aliphatic hydroxyl groups is 1. The second kappa shape index (κ2) is 13.4. The normalized spacial score (nSPS) is 17.7. The van der Waals surface area contributed by atoms with Gasteiger partial charge in [-0.3, -0.25) is 4.79 Å². The molecule has 0 bridgehead atoms. The Labute approximate surface area is 250 Å². The van der Waals surface area contributed by atoms with Crippen molar-refractivity contribution in [1.82, 2.24) is 9.21 Å². The van der Waals surface area contributed by atoms with Crippen LogP contribution in [-0.4, -0.2) is 80.7 Å². The second-order valence-electron chi connectivity index (χ2n) is 10.4. The van der Waals surface area contributed by atoms with Crippen LogP contribution in [0.4, 0.5) is 20.6 Å². The first-order chi connectivity index (χ1) is 20.4. The van der Waals surface area contributed by atoms with E-state index in [1.54, 1.807) is 49.4 Å². The maximum atomic E-state index is 13.7. The largest absolute Gasteiger partial charge is 0.497 e. The zero-order valence-corrected chi connectivity index (χ0v) is 25.1. The number of carbonyl (C=O) groups is 2. The summed E-state index contributed by atoms with van der Waals surface area (Å²) < 4.78 is 52.7. The number of likely N-dealkylation sites (N-methyl/N-ethyl adjacent to an activating group) is 1. The number of aliphatic hydroxyl groups excluding tert-OH is 1. The standard InChI is InChI=1S/C30H35FN4O7S/c1-19-16-35(20(2)18-36)29(37)25-6-5-7-26(33-30(38)32-22-10-12-23(41-4)13-11-22)28(25)42-27(19)17-34(3)43(39,40)24-14-8-21(31)9-15-24/h5-15,19-20,27,36H,16-18H2,1-4H3,(H2,32,33,38)/t19-,20+,27+/m1/s1. The summed E-state index contributed by atoms with van der Waals surface area (Å²) in [5.41, 5.74) is 0.830. The van der Waals surface area contributed by atoms with Crippen molar-refractivity contribution >= 4 is 33.3 Å². The maximum absolute atomic E-state index is 13.7. The van der Waals surface area contributed by atoms with Crippen molar-refractivity contribution in [2.75, 3.05) is 44.5 Å². The fourth-order valence-corrected chi connectivity index (χ4v) is 5.84. The summed E-state index contributed by atoms with van der Waals surface area (Å²) in [5, 5.41) is 15.3. The molecule has 1 heterocycles.